The van der Waals surface area contributed by atoms with E-state index in [0.717, 1.165) is 57.3 Å². The van der Waals surface area contributed by atoms with E-state index in [0.29, 0.717) is 25.6 Å². The Morgan fingerprint density at radius 2 is 1.78 bits per heavy atom. The topological polar surface area (TPSA) is 100 Å². The quantitative estimate of drug-likeness (QED) is 0.480. The van der Waals surface area contributed by atoms with Crippen LogP contribution in [0.15, 0.2) is 24.3 Å². The van der Waals surface area contributed by atoms with Gasteiger partial charge in [0.15, 0.2) is 0 Å². The molecule has 2 aliphatic heterocycles. The number of alkyl carbamates (subject to hydrolysis) is 1. The van der Waals surface area contributed by atoms with Gasteiger partial charge in [-0.2, -0.15) is 0 Å². The summed E-state index contributed by atoms with van der Waals surface area (Å²) in [6.07, 6.45) is 3.67. The molecule has 1 aromatic carbocycles. The molecule has 10 heteroatoms. The summed E-state index contributed by atoms with van der Waals surface area (Å²) in [5.41, 5.74) is -0.174. The first kappa shape index (κ1) is 31.1. The van der Waals surface area contributed by atoms with Crippen molar-refractivity contribution in [3.05, 3.63) is 35.6 Å². The van der Waals surface area contributed by atoms with Crippen molar-refractivity contribution in [1.29, 1.82) is 0 Å². The predicted octanol–water partition coefficient (Wildman–Crippen LogP) is 4.30. The molecule has 1 saturated carbocycles. The van der Waals surface area contributed by atoms with E-state index in [2.05, 4.69) is 15.5 Å². The molecule has 4 rings (SSSR count). The van der Waals surface area contributed by atoms with E-state index in [4.69, 9.17) is 9.47 Å². The Hall–Kier alpha value is -2.88. The average molecular weight is 575 g/mol. The summed E-state index contributed by atoms with van der Waals surface area (Å²) in [6, 6.07) is 6.65. The molecule has 0 spiro atoms. The fourth-order valence-corrected chi connectivity index (χ4v) is 7.30. The van der Waals surface area contributed by atoms with Crippen molar-refractivity contribution < 1.29 is 28.2 Å². The zero-order valence-electron chi connectivity index (χ0n) is 25.2. The third-order valence-electron chi connectivity index (χ3n) is 9.10. The van der Waals surface area contributed by atoms with Gasteiger partial charge in [-0.3, -0.25) is 4.79 Å². The number of ether oxygens (including phenoxy) is 2. The molecule has 0 bridgehead atoms. The van der Waals surface area contributed by atoms with Crippen molar-refractivity contribution >= 4 is 18.1 Å². The summed E-state index contributed by atoms with van der Waals surface area (Å²) in [6.45, 7) is 11.6. The molecule has 3 atom stereocenters. The Bertz CT molecular complexity index is 1080. The monoisotopic (exact) mass is 574 g/mol. The van der Waals surface area contributed by atoms with Crippen LogP contribution >= 0.6 is 0 Å². The van der Waals surface area contributed by atoms with Crippen LogP contribution in [0, 0.1) is 23.6 Å². The van der Waals surface area contributed by atoms with Crippen molar-refractivity contribution in [1.82, 2.24) is 20.4 Å². The molecule has 228 valence electrons. The number of halogens is 1. The van der Waals surface area contributed by atoms with E-state index in [1.54, 1.807) is 17.0 Å². The third-order valence-corrected chi connectivity index (χ3v) is 9.10. The number of rotatable bonds is 8. The molecule has 1 aromatic rings. The highest BCUT2D eigenvalue weighted by molar-refractivity contribution is 5.73. The van der Waals surface area contributed by atoms with E-state index < -0.39 is 17.1 Å². The number of hydrogen-bond donors (Lipinski definition) is 2. The Labute approximate surface area is 243 Å². The van der Waals surface area contributed by atoms with Crippen LogP contribution in [0.5, 0.6) is 0 Å². The van der Waals surface area contributed by atoms with Crippen LogP contribution in [-0.2, 0) is 19.7 Å². The second-order valence-electron chi connectivity index (χ2n) is 13.1. The maximum absolute atomic E-state index is 14.7. The van der Waals surface area contributed by atoms with Gasteiger partial charge < -0.3 is 29.9 Å². The first-order valence-electron chi connectivity index (χ1n) is 15.0. The number of carbonyl (C=O) groups excluding carboxylic acids is 3. The fourth-order valence-electron chi connectivity index (χ4n) is 7.30. The summed E-state index contributed by atoms with van der Waals surface area (Å²) in [7, 11) is 1.36. The van der Waals surface area contributed by atoms with Gasteiger partial charge in [-0.05, 0) is 89.1 Å². The summed E-state index contributed by atoms with van der Waals surface area (Å²) >= 11 is 0. The summed E-state index contributed by atoms with van der Waals surface area (Å²) < 4.78 is 25.1. The number of nitrogens with one attached hydrogen (secondary N) is 2. The van der Waals surface area contributed by atoms with Crippen molar-refractivity contribution in [2.75, 3.05) is 46.4 Å². The van der Waals surface area contributed by atoms with Crippen LogP contribution < -0.4 is 10.6 Å². The lowest BCUT2D eigenvalue weighted by Crippen LogP contribution is -2.59. The number of hydrogen-bond acceptors (Lipinski definition) is 6. The van der Waals surface area contributed by atoms with Gasteiger partial charge in [0.05, 0.1) is 7.11 Å². The van der Waals surface area contributed by atoms with Gasteiger partial charge in [-0.15, -0.1) is 0 Å². The molecule has 1 aliphatic carbocycles. The fraction of sp³-hybridized carbons (Fsp3) is 0.710. The summed E-state index contributed by atoms with van der Waals surface area (Å²) in [5, 5.41) is 6.14. The normalized spacial score (nSPS) is 23.8. The van der Waals surface area contributed by atoms with Gasteiger partial charge in [0.25, 0.3) is 0 Å². The summed E-state index contributed by atoms with van der Waals surface area (Å²) in [5.74, 6) is 0.174. The van der Waals surface area contributed by atoms with Crippen molar-refractivity contribution in [2.45, 2.75) is 76.9 Å². The SMILES string of the molecule is COC(=O)N[C@H]1CCC[C@@H]1[C@](CNC(C)=O)(c1cccc(F)c1)C1CCN(CC2CN(C(=O)OC(C)(C)C)C2)CC1. The zero-order chi connectivity index (χ0) is 29.8. The number of piperidine rings is 1. The minimum absolute atomic E-state index is 0.0146. The van der Waals surface area contributed by atoms with E-state index >= 15 is 0 Å². The van der Waals surface area contributed by atoms with Gasteiger partial charge in [0.1, 0.15) is 11.4 Å². The lowest BCUT2D eigenvalue weighted by atomic mass is 9.58. The molecule has 2 N–H and O–H groups in total. The lowest BCUT2D eigenvalue weighted by molar-refractivity contribution is -0.119. The van der Waals surface area contributed by atoms with Crippen LogP contribution in [0.4, 0.5) is 14.0 Å². The van der Waals surface area contributed by atoms with Gasteiger partial charge in [0, 0.05) is 50.5 Å². The molecule has 0 unspecified atom stereocenters. The Balaban J connectivity index is 1.50. The number of amides is 3. The number of carbonyl (C=O) groups is 3. The zero-order valence-corrected chi connectivity index (χ0v) is 25.2. The maximum Gasteiger partial charge on any atom is 0.410 e. The van der Waals surface area contributed by atoms with Crippen LogP contribution in [-0.4, -0.2) is 85.9 Å². The Morgan fingerprint density at radius 1 is 1.07 bits per heavy atom. The summed E-state index contributed by atoms with van der Waals surface area (Å²) in [4.78, 5) is 41.1. The molecule has 9 nitrogen and oxygen atoms in total. The largest absolute Gasteiger partial charge is 0.453 e. The van der Waals surface area contributed by atoms with Crippen molar-refractivity contribution in [3.8, 4) is 0 Å². The molecule has 2 saturated heterocycles. The molecule has 3 amide bonds. The van der Waals surface area contributed by atoms with Gasteiger partial charge in [-0.1, -0.05) is 18.6 Å². The first-order chi connectivity index (χ1) is 19.4. The molecular formula is C31H47FN4O5. The minimum atomic E-state index is -0.550. The molecule has 3 fully saturated rings. The average Bonchev–Trinajstić information content (AvgIpc) is 3.34. The number of methoxy groups -OCH3 is 1. The second-order valence-corrected chi connectivity index (χ2v) is 13.1. The molecule has 2 heterocycles. The highest BCUT2D eigenvalue weighted by Crippen LogP contribution is 2.50. The number of nitrogens with zero attached hydrogens (tertiary/aromatic N) is 2. The van der Waals surface area contributed by atoms with E-state index in [-0.39, 0.29) is 35.7 Å². The Morgan fingerprint density at radius 3 is 2.39 bits per heavy atom. The third kappa shape index (κ3) is 7.50. The molecule has 3 aliphatic rings. The van der Waals surface area contributed by atoms with Gasteiger partial charge in [0.2, 0.25) is 5.91 Å². The van der Waals surface area contributed by atoms with Crippen LogP contribution in [0.3, 0.4) is 0 Å². The molecule has 0 radical (unpaired) electrons. The molecule has 41 heavy (non-hydrogen) atoms. The van der Waals surface area contributed by atoms with E-state index in [1.807, 2.05) is 26.8 Å². The highest BCUT2D eigenvalue weighted by Gasteiger charge is 2.52. The van der Waals surface area contributed by atoms with Crippen molar-refractivity contribution in [3.63, 3.8) is 0 Å². The highest BCUT2D eigenvalue weighted by atomic mass is 19.1. The van der Waals surface area contributed by atoms with E-state index in [1.165, 1.54) is 20.1 Å². The van der Waals surface area contributed by atoms with Gasteiger partial charge in [-0.25, -0.2) is 14.0 Å². The smallest absolute Gasteiger partial charge is 0.410 e. The maximum atomic E-state index is 14.7. The van der Waals surface area contributed by atoms with Crippen LogP contribution in [0.1, 0.15) is 65.4 Å². The minimum Gasteiger partial charge on any atom is -0.453 e. The number of benzene rings is 1. The Kier molecular flexibility index (Phi) is 9.82. The van der Waals surface area contributed by atoms with Gasteiger partial charge >= 0.3 is 12.2 Å². The number of likely N-dealkylation sites (tertiary alicyclic amines) is 2. The predicted molar refractivity (Wildman–Crippen MR) is 154 cm³/mol. The van der Waals surface area contributed by atoms with Crippen LogP contribution in [0.25, 0.3) is 0 Å². The first-order valence-corrected chi connectivity index (χ1v) is 15.0. The molecule has 0 aromatic heterocycles. The lowest BCUT2D eigenvalue weighted by Gasteiger charge is -2.51. The van der Waals surface area contributed by atoms with Crippen LogP contribution in [0.2, 0.25) is 0 Å². The van der Waals surface area contributed by atoms with E-state index in [9.17, 15) is 18.8 Å². The standard InChI is InChI=1S/C31H47FN4O5/c1-21(37)33-20-31(24-8-6-9-25(32)16-24,26-10-7-11-27(26)34-28(38)40-5)23-12-14-35(15-13-23)17-22-18-36(19-22)29(39)41-30(2,3)4/h6,8-9,16,22-23,26-27H,7,10-15,17-20H2,1-5H3,(H,33,37)(H,34,38)/t26-,27-,31-/m0/s1. The van der Waals surface area contributed by atoms with Crippen molar-refractivity contribution in [2.24, 2.45) is 17.8 Å². The molecular weight excluding hydrogens is 527 g/mol. The second kappa shape index (κ2) is 13.0.